The van der Waals surface area contributed by atoms with Gasteiger partial charge in [0, 0.05) is 30.9 Å². The number of carbonyl (C=O) groups is 1. The molecule has 5 nitrogen and oxygen atoms in total. The van der Waals surface area contributed by atoms with Gasteiger partial charge in [-0.3, -0.25) is 14.5 Å². The minimum absolute atomic E-state index is 0.00985. The third-order valence-corrected chi connectivity index (χ3v) is 4.60. The molecule has 0 spiro atoms. The maximum atomic E-state index is 12.9. The molecule has 1 aliphatic rings. The Morgan fingerprint density at radius 2 is 2.17 bits per heavy atom. The van der Waals surface area contributed by atoms with Gasteiger partial charge in [0.2, 0.25) is 0 Å². The summed E-state index contributed by atoms with van der Waals surface area (Å²) in [4.78, 5) is 17.6. The standard InChI is InChI=1S/C19H20N4O/c1-23-12-13(11-21-23)9-10-20-19(24)18-14-5-2-3-7-16(14)22-17-8-4-6-15(17)18/h2-3,5,7,11-12H,4,6,8-10H2,1H3,(H,20,24). The first-order valence-corrected chi connectivity index (χ1v) is 8.38. The van der Waals surface area contributed by atoms with E-state index in [0.717, 1.165) is 59.0 Å². The molecule has 0 aliphatic heterocycles. The molecule has 3 aromatic rings. The number of benzene rings is 1. The maximum absolute atomic E-state index is 12.9. The second kappa shape index (κ2) is 6.07. The van der Waals surface area contributed by atoms with Crippen LogP contribution in [-0.4, -0.2) is 27.2 Å². The first-order valence-electron chi connectivity index (χ1n) is 8.38. The van der Waals surface area contributed by atoms with Crippen LogP contribution in [0, 0.1) is 0 Å². The third kappa shape index (κ3) is 2.66. The molecule has 0 unspecified atom stereocenters. The molecule has 0 radical (unpaired) electrons. The summed E-state index contributed by atoms with van der Waals surface area (Å²) in [5.41, 5.74) is 5.08. The zero-order valence-corrected chi connectivity index (χ0v) is 13.7. The summed E-state index contributed by atoms with van der Waals surface area (Å²) in [5, 5.41) is 8.19. The number of rotatable bonds is 4. The van der Waals surface area contributed by atoms with Gasteiger partial charge < -0.3 is 5.32 Å². The molecule has 1 amide bonds. The van der Waals surface area contributed by atoms with Gasteiger partial charge in [0.25, 0.3) is 5.91 Å². The van der Waals surface area contributed by atoms with Gasteiger partial charge >= 0.3 is 0 Å². The number of nitrogens with zero attached hydrogens (tertiary/aromatic N) is 3. The predicted octanol–water partition coefficient (Wildman–Crippen LogP) is 2.43. The van der Waals surface area contributed by atoms with Crippen LogP contribution in [0.4, 0.5) is 0 Å². The van der Waals surface area contributed by atoms with Gasteiger partial charge in [-0.15, -0.1) is 0 Å². The number of pyridine rings is 1. The summed E-state index contributed by atoms with van der Waals surface area (Å²) in [6.45, 7) is 0.607. The molecule has 0 saturated carbocycles. The number of carbonyl (C=O) groups excluding carboxylic acids is 1. The van der Waals surface area contributed by atoms with E-state index < -0.39 is 0 Å². The molecule has 1 N–H and O–H groups in total. The van der Waals surface area contributed by atoms with Gasteiger partial charge in [0.1, 0.15) is 0 Å². The number of hydrogen-bond acceptors (Lipinski definition) is 3. The summed E-state index contributed by atoms with van der Waals surface area (Å²) in [6, 6.07) is 7.93. The van der Waals surface area contributed by atoms with Gasteiger partial charge in [0.05, 0.1) is 17.3 Å². The van der Waals surface area contributed by atoms with E-state index in [0.29, 0.717) is 6.54 Å². The Hall–Kier alpha value is -2.69. The molecular formula is C19H20N4O. The fourth-order valence-electron chi connectivity index (χ4n) is 3.48. The minimum atomic E-state index is 0.00985. The number of para-hydroxylation sites is 1. The topological polar surface area (TPSA) is 59.8 Å². The quantitative estimate of drug-likeness (QED) is 0.803. The van der Waals surface area contributed by atoms with Gasteiger partial charge in [-0.05, 0) is 42.9 Å². The highest BCUT2D eigenvalue weighted by Crippen LogP contribution is 2.29. The van der Waals surface area contributed by atoms with Crippen molar-refractivity contribution in [2.24, 2.45) is 7.05 Å². The Balaban J connectivity index is 1.59. The van der Waals surface area contributed by atoms with E-state index in [4.69, 9.17) is 4.98 Å². The number of aryl methyl sites for hydroxylation is 2. The Kier molecular flexibility index (Phi) is 3.76. The molecule has 24 heavy (non-hydrogen) atoms. The molecule has 2 heterocycles. The number of amides is 1. The van der Waals surface area contributed by atoms with Crippen LogP contribution in [0.5, 0.6) is 0 Å². The maximum Gasteiger partial charge on any atom is 0.252 e. The lowest BCUT2D eigenvalue weighted by molar-refractivity contribution is 0.0955. The lowest BCUT2D eigenvalue weighted by Crippen LogP contribution is -2.27. The van der Waals surface area contributed by atoms with Crippen LogP contribution in [0.25, 0.3) is 10.9 Å². The summed E-state index contributed by atoms with van der Waals surface area (Å²) in [6.07, 6.45) is 7.59. The van der Waals surface area contributed by atoms with E-state index in [9.17, 15) is 4.79 Å². The van der Waals surface area contributed by atoms with E-state index in [1.165, 1.54) is 0 Å². The average molecular weight is 320 g/mol. The predicted molar refractivity (Wildman–Crippen MR) is 93.0 cm³/mol. The van der Waals surface area contributed by atoms with Crippen molar-refractivity contribution in [3.63, 3.8) is 0 Å². The first kappa shape index (κ1) is 14.9. The average Bonchev–Trinajstić information content (AvgIpc) is 3.21. The van der Waals surface area contributed by atoms with E-state index in [-0.39, 0.29) is 5.91 Å². The minimum Gasteiger partial charge on any atom is -0.352 e. The van der Waals surface area contributed by atoms with E-state index in [1.807, 2.05) is 43.7 Å². The lowest BCUT2D eigenvalue weighted by Gasteiger charge is -2.12. The van der Waals surface area contributed by atoms with Crippen LogP contribution in [-0.2, 0) is 26.3 Å². The van der Waals surface area contributed by atoms with Crippen molar-refractivity contribution in [3.8, 4) is 0 Å². The van der Waals surface area contributed by atoms with Crippen LogP contribution >= 0.6 is 0 Å². The number of nitrogens with one attached hydrogen (secondary N) is 1. The van der Waals surface area contributed by atoms with Crippen molar-refractivity contribution in [2.45, 2.75) is 25.7 Å². The summed E-state index contributed by atoms with van der Waals surface area (Å²) >= 11 is 0. The summed E-state index contributed by atoms with van der Waals surface area (Å²) in [5.74, 6) is 0.00985. The van der Waals surface area contributed by atoms with Crippen molar-refractivity contribution >= 4 is 16.8 Å². The van der Waals surface area contributed by atoms with Crippen molar-refractivity contribution in [1.82, 2.24) is 20.1 Å². The molecule has 1 aromatic carbocycles. The molecule has 4 rings (SSSR count). The van der Waals surface area contributed by atoms with Crippen molar-refractivity contribution in [1.29, 1.82) is 0 Å². The highest BCUT2D eigenvalue weighted by Gasteiger charge is 2.23. The Morgan fingerprint density at radius 3 is 3.00 bits per heavy atom. The molecule has 0 saturated heterocycles. The Bertz CT molecular complexity index is 913. The monoisotopic (exact) mass is 320 g/mol. The number of fused-ring (bicyclic) bond motifs is 2. The normalized spacial score (nSPS) is 13.2. The molecule has 0 fully saturated rings. The van der Waals surface area contributed by atoms with Gasteiger partial charge in [-0.25, -0.2) is 0 Å². The zero-order chi connectivity index (χ0) is 16.5. The summed E-state index contributed by atoms with van der Waals surface area (Å²) in [7, 11) is 1.90. The van der Waals surface area contributed by atoms with Gasteiger partial charge in [-0.1, -0.05) is 18.2 Å². The van der Waals surface area contributed by atoms with E-state index >= 15 is 0 Å². The van der Waals surface area contributed by atoms with Crippen molar-refractivity contribution in [3.05, 3.63) is 59.0 Å². The molecule has 0 bridgehead atoms. The Morgan fingerprint density at radius 1 is 1.29 bits per heavy atom. The fourth-order valence-corrected chi connectivity index (χ4v) is 3.48. The molecular weight excluding hydrogens is 300 g/mol. The largest absolute Gasteiger partial charge is 0.352 e. The summed E-state index contributed by atoms with van der Waals surface area (Å²) < 4.78 is 1.78. The Labute approximate surface area is 140 Å². The van der Waals surface area contributed by atoms with Gasteiger partial charge in [-0.2, -0.15) is 5.10 Å². The molecule has 122 valence electrons. The van der Waals surface area contributed by atoms with Crippen LogP contribution < -0.4 is 5.32 Å². The van der Waals surface area contributed by atoms with Crippen LogP contribution in [0.2, 0.25) is 0 Å². The zero-order valence-electron chi connectivity index (χ0n) is 13.7. The highest BCUT2D eigenvalue weighted by molar-refractivity contribution is 6.07. The molecule has 1 aliphatic carbocycles. The molecule has 0 atom stereocenters. The van der Waals surface area contributed by atoms with E-state index in [1.54, 1.807) is 4.68 Å². The van der Waals surface area contributed by atoms with E-state index in [2.05, 4.69) is 10.4 Å². The highest BCUT2D eigenvalue weighted by atomic mass is 16.1. The van der Waals surface area contributed by atoms with Crippen molar-refractivity contribution < 1.29 is 4.79 Å². The molecule has 2 aromatic heterocycles. The first-order chi connectivity index (χ1) is 11.7. The SMILES string of the molecule is Cn1cc(CCNC(=O)c2c3c(nc4ccccc24)CCC3)cn1. The van der Waals surface area contributed by atoms with Crippen molar-refractivity contribution in [2.75, 3.05) is 6.54 Å². The molecule has 5 heteroatoms. The lowest BCUT2D eigenvalue weighted by atomic mass is 10.0. The fraction of sp³-hybridized carbons (Fsp3) is 0.316. The third-order valence-electron chi connectivity index (χ3n) is 4.60. The van der Waals surface area contributed by atoms with Gasteiger partial charge in [0.15, 0.2) is 0 Å². The smallest absolute Gasteiger partial charge is 0.252 e. The number of hydrogen-bond donors (Lipinski definition) is 1. The number of aromatic nitrogens is 3. The second-order valence-electron chi connectivity index (χ2n) is 6.31. The van der Waals surface area contributed by atoms with Crippen LogP contribution in [0.3, 0.4) is 0 Å². The second-order valence-corrected chi connectivity index (χ2v) is 6.31. The van der Waals surface area contributed by atoms with Crippen LogP contribution in [0.15, 0.2) is 36.7 Å². The van der Waals surface area contributed by atoms with Crippen LogP contribution in [0.1, 0.15) is 33.6 Å².